The molecule has 0 spiro atoms. The van der Waals surface area contributed by atoms with Crippen molar-refractivity contribution in [2.75, 3.05) is 25.0 Å². The summed E-state index contributed by atoms with van der Waals surface area (Å²) in [6.45, 7) is 3.52. The highest BCUT2D eigenvalue weighted by Crippen LogP contribution is 2.33. The summed E-state index contributed by atoms with van der Waals surface area (Å²) in [5.74, 6) is 0. The lowest BCUT2D eigenvalue weighted by atomic mass is 9.86. The quantitative estimate of drug-likeness (QED) is 0.842. The third-order valence-electron chi connectivity index (χ3n) is 3.52. The average molecular weight is 283 g/mol. The Bertz CT molecular complexity index is 551. The van der Waals surface area contributed by atoms with Crippen LogP contribution in [0.15, 0.2) is 29.2 Å². The van der Waals surface area contributed by atoms with Crippen molar-refractivity contribution in [2.45, 2.75) is 30.2 Å². The molecule has 0 aliphatic carbocycles. The van der Waals surface area contributed by atoms with Gasteiger partial charge < -0.3 is 10.6 Å². The smallest absolute Gasteiger partial charge is 0.242 e. The molecule has 6 heteroatoms. The highest BCUT2D eigenvalue weighted by molar-refractivity contribution is 7.89. The molecule has 1 aliphatic heterocycles. The molecular formula is C13H21N3O2S. The molecule has 5 nitrogen and oxygen atoms in total. The summed E-state index contributed by atoms with van der Waals surface area (Å²) in [5, 5.41) is 0. The Kier molecular flexibility index (Phi) is 3.85. The van der Waals surface area contributed by atoms with Gasteiger partial charge in [-0.15, -0.1) is 0 Å². The van der Waals surface area contributed by atoms with Crippen molar-refractivity contribution in [1.82, 2.24) is 4.72 Å². The first kappa shape index (κ1) is 14.3. The van der Waals surface area contributed by atoms with Gasteiger partial charge in [0.15, 0.2) is 0 Å². The van der Waals surface area contributed by atoms with E-state index < -0.39 is 10.0 Å². The van der Waals surface area contributed by atoms with Crippen LogP contribution in [0.25, 0.3) is 0 Å². The Morgan fingerprint density at radius 2 is 2.00 bits per heavy atom. The predicted octanol–water partition coefficient (Wildman–Crippen LogP) is 0.912. The second-order valence-electron chi connectivity index (χ2n) is 5.14. The summed E-state index contributed by atoms with van der Waals surface area (Å²) in [4.78, 5) is 2.34. The molecule has 2 rings (SSSR count). The summed E-state index contributed by atoms with van der Waals surface area (Å²) < 4.78 is 26.3. The molecule has 0 aromatic heterocycles. The highest BCUT2D eigenvalue weighted by Gasteiger charge is 2.40. The van der Waals surface area contributed by atoms with Gasteiger partial charge in [0.2, 0.25) is 10.0 Å². The summed E-state index contributed by atoms with van der Waals surface area (Å²) in [7, 11) is -2.01. The fraction of sp³-hybridized carbons (Fsp3) is 0.538. The third kappa shape index (κ3) is 2.75. The zero-order chi connectivity index (χ0) is 14.1. The average Bonchev–Trinajstić information content (AvgIpc) is 2.36. The van der Waals surface area contributed by atoms with E-state index in [1.54, 1.807) is 12.1 Å². The molecule has 1 fully saturated rings. The molecule has 106 valence electrons. The Labute approximate surface area is 114 Å². The van der Waals surface area contributed by atoms with Crippen LogP contribution < -0.4 is 15.4 Å². The molecule has 0 bridgehead atoms. The lowest BCUT2D eigenvalue weighted by Gasteiger charge is -2.49. The molecule has 0 radical (unpaired) electrons. The lowest BCUT2D eigenvalue weighted by Crippen LogP contribution is -2.67. The van der Waals surface area contributed by atoms with Crippen LogP contribution in [0.3, 0.4) is 0 Å². The SMILES string of the molecule is CCCC1(N)CN(c2ccccc2S(=O)(=O)NC)C1. The van der Waals surface area contributed by atoms with Crippen molar-refractivity contribution < 1.29 is 8.42 Å². The topological polar surface area (TPSA) is 75.4 Å². The maximum atomic E-state index is 12.0. The molecule has 0 unspecified atom stereocenters. The van der Waals surface area contributed by atoms with Crippen molar-refractivity contribution in [3.8, 4) is 0 Å². The number of para-hydroxylation sites is 1. The van der Waals surface area contributed by atoms with Gasteiger partial charge >= 0.3 is 0 Å². The molecule has 1 saturated heterocycles. The van der Waals surface area contributed by atoms with Gasteiger partial charge in [-0.1, -0.05) is 25.5 Å². The van der Waals surface area contributed by atoms with Crippen molar-refractivity contribution in [3.05, 3.63) is 24.3 Å². The Balaban J connectivity index is 2.25. The van der Waals surface area contributed by atoms with E-state index >= 15 is 0 Å². The Morgan fingerprint density at radius 1 is 1.37 bits per heavy atom. The van der Waals surface area contributed by atoms with Gasteiger partial charge in [-0.2, -0.15) is 0 Å². The van der Waals surface area contributed by atoms with Crippen molar-refractivity contribution >= 4 is 15.7 Å². The summed E-state index contributed by atoms with van der Waals surface area (Å²) in [5.41, 5.74) is 6.78. The molecule has 0 saturated carbocycles. The van der Waals surface area contributed by atoms with E-state index in [9.17, 15) is 8.42 Å². The molecule has 1 aliphatic rings. The maximum Gasteiger partial charge on any atom is 0.242 e. The predicted molar refractivity (Wildman–Crippen MR) is 76.7 cm³/mol. The number of nitrogens with two attached hydrogens (primary N) is 1. The number of nitrogens with zero attached hydrogens (tertiary/aromatic N) is 1. The molecule has 1 aromatic carbocycles. The first-order chi connectivity index (χ1) is 8.92. The second-order valence-corrected chi connectivity index (χ2v) is 7.00. The molecule has 3 N–H and O–H groups in total. The van der Waals surface area contributed by atoms with Crippen LogP contribution in [0.5, 0.6) is 0 Å². The molecule has 19 heavy (non-hydrogen) atoms. The normalized spacial score (nSPS) is 18.2. The third-order valence-corrected chi connectivity index (χ3v) is 4.99. The van der Waals surface area contributed by atoms with Gasteiger partial charge in [0.1, 0.15) is 4.90 Å². The largest absolute Gasteiger partial charge is 0.367 e. The van der Waals surface area contributed by atoms with E-state index in [0.717, 1.165) is 18.5 Å². The van der Waals surface area contributed by atoms with E-state index in [0.29, 0.717) is 18.0 Å². The fourth-order valence-electron chi connectivity index (χ4n) is 2.60. The minimum absolute atomic E-state index is 0.175. The van der Waals surface area contributed by atoms with Gasteiger partial charge in [0.25, 0.3) is 0 Å². The van der Waals surface area contributed by atoms with Crippen molar-refractivity contribution in [3.63, 3.8) is 0 Å². The van der Waals surface area contributed by atoms with E-state index in [1.165, 1.54) is 7.05 Å². The number of nitrogens with one attached hydrogen (secondary N) is 1. The second kappa shape index (κ2) is 5.11. The van der Waals surface area contributed by atoms with Crippen molar-refractivity contribution in [2.24, 2.45) is 5.73 Å². The summed E-state index contributed by atoms with van der Waals surface area (Å²) in [6, 6.07) is 7.03. The zero-order valence-corrected chi connectivity index (χ0v) is 12.2. The van der Waals surface area contributed by atoms with Crippen LogP contribution in [0, 0.1) is 0 Å². The molecule has 0 amide bonds. The van der Waals surface area contributed by atoms with Gasteiger partial charge in [0, 0.05) is 13.1 Å². The summed E-state index contributed by atoms with van der Waals surface area (Å²) in [6.07, 6.45) is 2.01. The zero-order valence-electron chi connectivity index (χ0n) is 11.4. The molecule has 1 heterocycles. The van der Waals surface area contributed by atoms with Crippen LogP contribution in [-0.4, -0.2) is 34.1 Å². The number of anilines is 1. The van der Waals surface area contributed by atoms with Gasteiger partial charge in [-0.25, -0.2) is 13.1 Å². The van der Waals surface area contributed by atoms with E-state index in [2.05, 4.69) is 11.6 Å². The van der Waals surface area contributed by atoms with Crippen LogP contribution in [-0.2, 0) is 10.0 Å². The molecular weight excluding hydrogens is 262 g/mol. The first-order valence-corrected chi connectivity index (χ1v) is 7.96. The number of hydrogen-bond acceptors (Lipinski definition) is 4. The molecule has 0 atom stereocenters. The van der Waals surface area contributed by atoms with E-state index in [1.807, 2.05) is 17.0 Å². The minimum atomic E-state index is -3.43. The summed E-state index contributed by atoms with van der Waals surface area (Å²) >= 11 is 0. The van der Waals surface area contributed by atoms with E-state index in [-0.39, 0.29) is 5.54 Å². The Hall–Kier alpha value is -1.11. The highest BCUT2D eigenvalue weighted by atomic mass is 32.2. The van der Waals surface area contributed by atoms with Crippen LogP contribution >= 0.6 is 0 Å². The van der Waals surface area contributed by atoms with Crippen molar-refractivity contribution in [1.29, 1.82) is 0 Å². The van der Waals surface area contributed by atoms with Gasteiger partial charge in [-0.05, 0) is 25.6 Å². The van der Waals surface area contributed by atoms with Gasteiger partial charge in [0.05, 0.1) is 11.2 Å². The number of benzene rings is 1. The van der Waals surface area contributed by atoms with Crippen LogP contribution in [0.1, 0.15) is 19.8 Å². The van der Waals surface area contributed by atoms with E-state index in [4.69, 9.17) is 5.73 Å². The minimum Gasteiger partial charge on any atom is -0.367 e. The first-order valence-electron chi connectivity index (χ1n) is 6.48. The molecule has 1 aromatic rings. The van der Waals surface area contributed by atoms with Crippen LogP contribution in [0.2, 0.25) is 0 Å². The number of hydrogen-bond donors (Lipinski definition) is 2. The standard InChI is InChI=1S/C13H21N3O2S/c1-3-8-13(14)9-16(10-13)11-6-4-5-7-12(11)19(17,18)15-2/h4-7,15H,3,8-10,14H2,1-2H3. The lowest BCUT2D eigenvalue weighted by molar-refractivity contribution is 0.306. The Morgan fingerprint density at radius 3 is 2.58 bits per heavy atom. The van der Waals surface area contributed by atoms with Gasteiger partial charge in [-0.3, -0.25) is 0 Å². The number of sulfonamides is 1. The van der Waals surface area contributed by atoms with Crippen LogP contribution in [0.4, 0.5) is 5.69 Å². The maximum absolute atomic E-state index is 12.0. The monoisotopic (exact) mass is 283 g/mol. The fourth-order valence-corrected chi connectivity index (χ4v) is 3.55. The number of rotatable bonds is 5.